The van der Waals surface area contributed by atoms with Crippen molar-refractivity contribution in [2.75, 3.05) is 0 Å². The Balaban J connectivity index is 2.77. The fourth-order valence-corrected chi connectivity index (χ4v) is 1.63. The fraction of sp³-hybridized carbons (Fsp3) is 0.500. The molecule has 0 aliphatic heterocycles. The van der Waals surface area contributed by atoms with Gasteiger partial charge in [-0.25, -0.2) is 0 Å². The van der Waals surface area contributed by atoms with E-state index in [4.69, 9.17) is 0 Å². The summed E-state index contributed by atoms with van der Waals surface area (Å²) in [7, 11) is 0. The van der Waals surface area contributed by atoms with E-state index in [2.05, 4.69) is 4.98 Å². The summed E-state index contributed by atoms with van der Waals surface area (Å²) < 4.78 is 0. The summed E-state index contributed by atoms with van der Waals surface area (Å²) in [6, 6.07) is 2.95. The van der Waals surface area contributed by atoms with Crippen molar-refractivity contribution in [2.45, 2.75) is 33.6 Å². The Morgan fingerprint density at radius 1 is 1.47 bits per heavy atom. The summed E-state index contributed by atoms with van der Waals surface area (Å²) in [5.74, 6) is 0.433. The first-order valence-electron chi connectivity index (χ1n) is 5.52. The third kappa shape index (κ3) is 3.94. The highest BCUT2D eigenvalue weighted by Gasteiger charge is 2.13. The molecule has 92 valence electrons. The molecule has 1 aromatic heterocycles. The standard InChI is InChI=1S/C12H16N2O3/c1-8(2)6-11(15)7-10-4-5-12(14(16)17)9(3)13-10/h4-5,8H,6-7H2,1-3H3. The Morgan fingerprint density at radius 2 is 2.12 bits per heavy atom. The number of nitrogens with zero attached hydrogens (tertiary/aromatic N) is 2. The lowest BCUT2D eigenvalue weighted by Gasteiger charge is -2.04. The van der Waals surface area contributed by atoms with Gasteiger partial charge in [0.15, 0.2) is 0 Å². The number of pyridine rings is 1. The van der Waals surface area contributed by atoms with Crippen molar-refractivity contribution in [1.82, 2.24) is 4.98 Å². The van der Waals surface area contributed by atoms with Gasteiger partial charge in [-0.2, -0.15) is 0 Å². The van der Waals surface area contributed by atoms with E-state index < -0.39 is 4.92 Å². The molecule has 0 saturated carbocycles. The monoisotopic (exact) mass is 236 g/mol. The molecule has 1 heterocycles. The van der Waals surface area contributed by atoms with Crippen LogP contribution in [-0.4, -0.2) is 15.7 Å². The lowest BCUT2D eigenvalue weighted by molar-refractivity contribution is -0.385. The van der Waals surface area contributed by atoms with Gasteiger partial charge in [-0.05, 0) is 18.9 Å². The molecule has 0 spiro atoms. The molecule has 0 bridgehead atoms. The number of aromatic nitrogens is 1. The van der Waals surface area contributed by atoms with E-state index in [-0.39, 0.29) is 17.9 Å². The number of nitro groups is 1. The van der Waals surface area contributed by atoms with Crippen LogP contribution in [0.3, 0.4) is 0 Å². The Kier molecular flexibility index (Phi) is 4.31. The molecular formula is C12H16N2O3. The number of carbonyl (C=O) groups excluding carboxylic acids is 1. The van der Waals surface area contributed by atoms with Crippen LogP contribution in [0.2, 0.25) is 0 Å². The summed E-state index contributed by atoms with van der Waals surface area (Å²) >= 11 is 0. The van der Waals surface area contributed by atoms with Crippen LogP contribution in [0.1, 0.15) is 31.7 Å². The van der Waals surface area contributed by atoms with Gasteiger partial charge in [-0.15, -0.1) is 0 Å². The second kappa shape index (κ2) is 5.52. The molecule has 1 aromatic rings. The Morgan fingerprint density at radius 3 is 2.59 bits per heavy atom. The van der Waals surface area contributed by atoms with E-state index >= 15 is 0 Å². The molecule has 0 saturated heterocycles. The molecule has 0 N–H and O–H groups in total. The van der Waals surface area contributed by atoms with Crippen molar-refractivity contribution in [2.24, 2.45) is 5.92 Å². The van der Waals surface area contributed by atoms with Gasteiger partial charge < -0.3 is 0 Å². The molecule has 0 atom stereocenters. The number of rotatable bonds is 5. The largest absolute Gasteiger partial charge is 0.299 e. The predicted molar refractivity (Wildman–Crippen MR) is 63.8 cm³/mol. The molecule has 0 amide bonds. The lowest BCUT2D eigenvalue weighted by atomic mass is 10.0. The van der Waals surface area contributed by atoms with Crippen molar-refractivity contribution >= 4 is 11.5 Å². The van der Waals surface area contributed by atoms with E-state index in [0.29, 0.717) is 23.7 Å². The topological polar surface area (TPSA) is 73.1 Å². The normalized spacial score (nSPS) is 10.6. The van der Waals surface area contributed by atoms with Gasteiger partial charge in [0.05, 0.1) is 4.92 Å². The van der Waals surface area contributed by atoms with Crippen LogP contribution in [0.4, 0.5) is 5.69 Å². The van der Waals surface area contributed by atoms with E-state index in [0.717, 1.165) is 0 Å². The highest BCUT2D eigenvalue weighted by atomic mass is 16.6. The minimum Gasteiger partial charge on any atom is -0.299 e. The number of hydrogen-bond acceptors (Lipinski definition) is 4. The molecule has 1 rings (SSSR count). The van der Waals surface area contributed by atoms with Gasteiger partial charge in [0.2, 0.25) is 0 Å². The second-order valence-corrected chi connectivity index (χ2v) is 4.48. The van der Waals surface area contributed by atoms with Crippen LogP contribution >= 0.6 is 0 Å². The molecule has 0 aliphatic carbocycles. The summed E-state index contributed by atoms with van der Waals surface area (Å²) in [5.41, 5.74) is 0.939. The molecule has 5 heteroatoms. The summed E-state index contributed by atoms with van der Waals surface area (Å²) in [6.07, 6.45) is 0.759. The quantitative estimate of drug-likeness (QED) is 0.581. The van der Waals surface area contributed by atoms with Gasteiger partial charge in [0.1, 0.15) is 11.5 Å². The Bertz CT molecular complexity index is 441. The molecule has 5 nitrogen and oxygen atoms in total. The first kappa shape index (κ1) is 13.3. The van der Waals surface area contributed by atoms with Gasteiger partial charge in [0.25, 0.3) is 5.69 Å². The van der Waals surface area contributed by atoms with Crippen molar-refractivity contribution in [3.05, 3.63) is 33.6 Å². The average molecular weight is 236 g/mol. The maximum absolute atomic E-state index is 11.6. The molecule has 0 aliphatic rings. The molecular weight excluding hydrogens is 220 g/mol. The number of ketones is 1. The van der Waals surface area contributed by atoms with Crippen LogP contribution in [0.5, 0.6) is 0 Å². The number of carbonyl (C=O) groups is 1. The number of Topliss-reactive ketones (excluding diaryl/α,β-unsaturated/α-hetero) is 1. The van der Waals surface area contributed by atoms with Gasteiger partial charge >= 0.3 is 0 Å². The van der Waals surface area contributed by atoms with E-state index in [1.165, 1.54) is 6.07 Å². The van der Waals surface area contributed by atoms with Crippen LogP contribution < -0.4 is 0 Å². The fourth-order valence-electron chi connectivity index (χ4n) is 1.63. The van der Waals surface area contributed by atoms with Crippen LogP contribution in [-0.2, 0) is 11.2 Å². The zero-order valence-corrected chi connectivity index (χ0v) is 10.3. The van der Waals surface area contributed by atoms with Crippen molar-refractivity contribution in [3.8, 4) is 0 Å². The smallest absolute Gasteiger partial charge is 0.290 e. The third-order valence-corrected chi connectivity index (χ3v) is 2.33. The summed E-state index contributed by atoms with van der Waals surface area (Å²) in [6.45, 7) is 5.54. The van der Waals surface area contributed by atoms with E-state index in [9.17, 15) is 14.9 Å². The third-order valence-electron chi connectivity index (χ3n) is 2.33. The zero-order valence-electron chi connectivity index (χ0n) is 10.3. The molecule has 17 heavy (non-hydrogen) atoms. The minimum atomic E-state index is -0.470. The number of hydrogen-bond donors (Lipinski definition) is 0. The molecule has 0 aromatic carbocycles. The van der Waals surface area contributed by atoms with Crippen molar-refractivity contribution < 1.29 is 9.72 Å². The average Bonchev–Trinajstić information content (AvgIpc) is 2.15. The van der Waals surface area contributed by atoms with E-state index in [1.54, 1.807) is 13.0 Å². The van der Waals surface area contributed by atoms with E-state index in [1.807, 2.05) is 13.8 Å². The maximum Gasteiger partial charge on any atom is 0.290 e. The first-order valence-corrected chi connectivity index (χ1v) is 5.52. The van der Waals surface area contributed by atoms with Crippen LogP contribution in [0.25, 0.3) is 0 Å². The maximum atomic E-state index is 11.6. The molecule has 0 unspecified atom stereocenters. The molecule has 0 radical (unpaired) electrons. The van der Waals surface area contributed by atoms with Crippen molar-refractivity contribution in [3.63, 3.8) is 0 Å². The summed E-state index contributed by atoms with van der Waals surface area (Å²) in [5, 5.41) is 10.6. The Hall–Kier alpha value is -1.78. The predicted octanol–water partition coefficient (Wildman–Crippen LogP) is 2.46. The highest BCUT2D eigenvalue weighted by Crippen LogP contribution is 2.16. The molecule has 0 fully saturated rings. The van der Waals surface area contributed by atoms with Gasteiger partial charge in [-0.1, -0.05) is 13.8 Å². The SMILES string of the molecule is Cc1nc(CC(=O)CC(C)C)ccc1[N+](=O)[O-]. The highest BCUT2D eigenvalue weighted by molar-refractivity contribution is 5.80. The van der Waals surface area contributed by atoms with Gasteiger partial charge in [0, 0.05) is 24.6 Å². The van der Waals surface area contributed by atoms with Crippen molar-refractivity contribution in [1.29, 1.82) is 0 Å². The minimum absolute atomic E-state index is 0.00921. The first-order chi connectivity index (χ1) is 7.90. The second-order valence-electron chi connectivity index (χ2n) is 4.48. The summed E-state index contributed by atoms with van der Waals surface area (Å²) in [4.78, 5) is 25.8. The van der Waals surface area contributed by atoms with Crippen LogP contribution in [0.15, 0.2) is 12.1 Å². The Labute approximate surface area is 100 Å². The number of aryl methyl sites for hydroxylation is 1. The van der Waals surface area contributed by atoms with Gasteiger partial charge in [-0.3, -0.25) is 19.9 Å². The lowest BCUT2D eigenvalue weighted by Crippen LogP contribution is -2.08. The zero-order chi connectivity index (χ0) is 13.0. The van der Waals surface area contributed by atoms with Crippen LogP contribution in [0, 0.1) is 23.0 Å².